The molecule has 2 rings (SSSR count). The Morgan fingerprint density at radius 2 is 2.14 bits per heavy atom. The fourth-order valence-corrected chi connectivity index (χ4v) is 4.66. The fraction of sp³-hybridized carbons (Fsp3) is 0.857. The second-order valence-electron chi connectivity index (χ2n) is 3.82. The molecule has 7 heteroatoms. The number of hydrogen-bond donors (Lipinski definition) is 1. The summed E-state index contributed by atoms with van der Waals surface area (Å²) in [6.07, 6.45) is -2.76. The van der Waals surface area contributed by atoms with Gasteiger partial charge in [-0.1, -0.05) is 0 Å². The number of rotatable bonds is 0. The van der Waals surface area contributed by atoms with Crippen LogP contribution in [0.1, 0.15) is 13.8 Å². The molecule has 0 aromatic heterocycles. The topological polar surface area (TPSA) is 55.8 Å². The molecular formula is C7H11F2O4P. The van der Waals surface area contributed by atoms with Crippen LogP contribution in [0.4, 0.5) is 8.39 Å². The Morgan fingerprint density at radius 1 is 1.57 bits per heavy atom. The number of hydrogen-bond acceptors (Lipinski definition) is 4. The summed E-state index contributed by atoms with van der Waals surface area (Å²) in [5, 5.41) is 7.42. The summed E-state index contributed by atoms with van der Waals surface area (Å²) >= 11 is 0. The zero-order chi connectivity index (χ0) is 10.7. The van der Waals surface area contributed by atoms with Crippen molar-refractivity contribution in [2.45, 2.75) is 37.2 Å². The summed E-state index contributed by atoms with van der Waals surface area (Å²) in [7, 11) is -4.51. The standard InChI is InChI=1S/C7H11F2O4P/c1-3-4-7(2,14(4,8)9)13-6(11)5(10)12-3/h3-4,6,11,14H,1-2H3. The molecule has 0 spiro atoms. The van der Waals surface area contributed by atoms with Gasteiger partial charge in [0.05, 0.1) is 0 Å². The average Bonchev–Trinajstić information content (AvgIpc) is 2.46. The van der Waals surface area contributed by atoms with Crippen molar-refractivity contribution in [1.82, 2.24) is 0 Å². The number of halogens is 2. The van der Waals surface area contributed by atoms with Crippen LogP contribution >= 0.6 is 7.88 Å². The molecule has 2 aliphatic rings. The van der Waals surface area contributed by atoms with Crippen LogP contribution in [0.3, 0.4) is 0 Å². The molecule has 0 aromatic carbocycles. The first-order valence-corrected chi connectivity index (χ1v) is 6.08. The van der Waals surface area contributed by atoms with Gasteiger partial charge in [0.1, 0.15) is 0 Å². The van der Waals surface area contributed by atoms with Gasteiger partial charge in [-0.15, -0.1) is 0 Å². The Labute approximate surface area is 79.8 Å². The maximum absolute atomic E-state index is 13.3. The van der Waals surface area contributed by atoms with E-state index in [2.05, 4.69) is 9.47 Å². The summed E-state index contributed by atoms with van der Waals surface area (Å²) in [5.41, 5.74) is -1.03. The molecule has 2 fully saturated rings. The number of aliphatic hydroxyl groups is 1. The summed E-state index contributed by atoms with van der Waals surface area (Å²) < 4.78 is 35.9. The molecular weight excluding hydrogens is 217 g/mol. The number of aliphatic hydroxyl groups excluding tert-OH is 1. The van der Waals surface area contributed by atoms with Crippen molar-refractivity contribution in [3.63, 3.8) is 0 Å². The van der Waals surface area contributed by atoms with E-state index in [9.17, 15) is 13.2 Å². The summed E-state index contributed by atoms with van der Waals surface area (Å²) in [5.74, 6) is -0.990. The molecule has 2 aliphatic heterocycles. The minimum atomic E-state index is -4.51. The molecule has 14 heavy (non-hydrogen) atoms. The summed E-state index contributed by atoms with van der Waals surface area (Å²) in [6.45, 7) is 2.63. The molecule has 0 radical (unpaired) electrons. The van der Waals surface area contributed by atoms with Crippen LogP contribution in [-0.4, -0.2) is 34.5 Å². The molecule has 4 unspecified atom stereocenters. The van der Waals surface area contributed by atoms with E-state index in [-0.39, 0.29) is 0 Å². The van der Waals surface area contributed by atoms with Crippen LogP contribution in [0.5, 0.6) is 0 Å². The van der Waals surface area contributed by atoms with E-state index >= 15 is 0 Å². The molecule has 4 atom stereocenters. The summed E-state index contributed by atoms with van der Waals surface area (Å²) in [4.78, 5) is 10.9. The van der Waals surface area contributed by atoms with E-state index in [0.717, 1.165) is 0 Å². The zero-order valence-electron chi connectivity index (χ0n) is 7.66. The number of fused-ring (bicyclic) bond motifs is 1. The Hall–Kier alpha value is -0.320. The summed E-state index contributed by atoms with van der Waals surface area (Å²) in [6, 6.07) is 0. The number of carbonyl (C=O) groups is 1. The number of cyclic esters (lactones) is 1. The monoisotopic (exact) mass is 228 g/mol. The molecule has 2 heterocycles. The molecule has 2 saturated heterocycles. The Morgan fingerprint density at radius 3 is 2.71 bits per heavy atom. The van der Waals surface area contributed by atoms with Crippen molar-refractivity contribution in [3.05, 3.63) is 0 Å². The van der Waals surface area contributed by atoms with E-state index in [1.807, 2.05) is 0 Å². The number of ether oxygens (including phenoxy) is 2. The van der Waals surface area contributed by atoms with E-state index in [4.69, 9.17) is 5.11 Å². The third-order valence-electron chi connectivity index (χ3n) is 2.89. The van der Waals surface area contributed by atoms with Gasteiger partial charge in [-0.3, -0.25) is 0 Å². The Kier molecular flexibility index (Phi) is 1.91. The third-order valence-corrected chi connectivity index (χ3v) is 6.14. The van der Waals surface area contributed by atoms with Crippen molar-refractivity contribution in [1.29, 1.82) is 0 Å². The second kappa shape index (κ2) is 2.62. The third kappa shape index (κ3) is 1.05. The molecule has 0 saturated carbocycles. The van der Waals surface area contributed by atoms with Crippen LogP contribution in [0, 0.1) is 0 Å². The maximum atomic E-state index is 13.3. The second-order valence-corrected chi connectivity index (χ2v) is 6.68. The van der Waals surface area contributed by atoms with Crippen LogP contribution in [0.2, 0.25) is 0 Å². The first kappa shape index (κ1) is 10.2. The molecule has 0 amide bonds. The first-order valence-electron chi connectivity index (χ1n) is 4.25. The first-order chi connectivity index (χ1) is 6.30. The minimum absolute atomic E-state index is 0.883. The van der Waals surface area contributed by atoms with Crippen molar-refractivity contribution in [2.24, 2.45) is 0 Å². The van der Waals surface area contributed by atoms with Gasteiger partial charge < -0.3 is 0 Å². The SMILES string of the molecule is CC1OC(=O)C(O)OC2(C)C1[PH]2(F)F. The van der Waals surface area contributed by atoms with Gasteiger partial charge in [-0.25, -0.2) is 0 Å². The predicted octanol–water partition coefficient (Wildman–Crippen LogP) is 0.884. The van der Waals surface area contributed by atoms with Gasteiger partial charge in [-0.2, -0.15) is 0 Å². The number of esters is 1. The normalized spacial score (nSPS) is 52.6. The van der Waals surface area contributed by atoms with Crippen LogP contribution in [0.15, 0.2) is 0 Å². The predicted molar refractivity (Wildman–Crippen MR) is 45.4 cm³/mol. The van der Waals surface area contributed by atoms with Gasteiger partial charge in [0.15, 0.2) is 0 Å². The van der Waals surface area contributed by atoms with E-state index in [1.165, 1.54) is 13.8 Å². The average molecular weight is 228 g/mol. The van der Waals surface area contributed by atoms with E-state index in [1.54, 1.807) is 0 Å². The van der Waals surface area contributed by atoms with Gasteiger partial charge >= 0.3 is 78.9 Å². The van der Waals surface area contributed by atoms with Gasteiger partial charge in [0.25, 0.3) is 0 Å². The Bertz CT molecular complexity index is 297. The Balaban J connectivity index is 2.29. The van der Waals surface area contributed by atoms with Crippen molar-refractivity contribution in [2.75, 3.05) is 0 Å². The van der Waals surface area contributed by atoms with Crippen molar-refractivity contribution in [3.8, 4) is 0 Å². The number of carbonyl (C=O) groups excluding carboxylic acids is 1. The molecule has 0 bridgehead atoms. The van der Waals surface area contributed by atoms with Crippen LogP contribution in [-0.2, 0) is 14.3 Å². The van der Waals surface area contributed by atoms with E-state index < -0.39 is 37.2 Å². The molecule has 0 aliphatic carbocycles. The van der Waals surface area contributed by atoms with Crippen molar-refractivity contribution >= 4 is 13.9 Å². The van der Waals surface area contributed by atoms with Crippen LogP contribution in [0.25, 0.3) is 0 Å². The van der Waals surface area contributed by atoms with Gasteiger partial charge in [0.2, 0.25) is 0 Å². The fourth-order valence-electron chi connectivity index (χ4n) is 2.02. The van der Waals surface area contributed by atoms with Gasteiger partial charge in [0, 0.05) is 0 Å². The van der Waals surface area contributed by atoms with Gasteiger partial charge in [-0.05, 0) is 0 Å². The molecule has 82 valence electrons. The molecule has 1 N–H and O–H groups in total. The van der Waals surface area contributed by atoms with Crippen LogP contribution < -0.4 is 0 Å². The van der Waals surface area contributed by atoms with E-state index in [0.29, 0.717) is 0 Å². The van der Waals surface area contributed by atoms with Crippen molar-refractivity contribution < 1.29 is 27.8 Å². The molecule has 0 aromatic rings. The zero-order valence-corrected chi connectivity index (χ0v) is 8.66. The quantitative estimate of drug-likeness (QED) is 0.494. The molecule has 4 nitrogen and oxygen atoms in total.